The fourth-order valence-corrected chi connectivity index (χ4v) is 1.71. The highest BCUT2D eigenvalue weighted by molar-refractivity contribution is 5.72. The SMILES string of the molecule is CCCCCCCC(=O)Oc1ccc(C[O])cc1. The monoisotopic (exact) mass is 249 g/mol. The second-order valence-corrected chi connectivity index (χ2v) is 4.43. The first-order valence-electron chi connectivity index (χ1n) is 6.64. The fraction of sp³-hybridized carbons (Fsp3) is 0.533. The molecule has 1 radical (unpaired) electrons. The van der Waals surface area contributed by atoms with Gasteiger partial charge in [0.2, 0.25) is 0 Å². The van der Waals surface area contributed by atoms with Crippen molar-refractivity contribution in [1.29, 1.82) is 0 Å². The highest BCUT2D eigenvalue weighted by Gasteiger charge is 2.04. The van der Waals surface area contributed by atoms with Crippen LogP contribution in [-0.2, 0) is 16.5 Å². The second-order valence-electron chi connectivity index (χ2n) is 4.43. The van der Waals surface area contributed by atoms with Crippen LogP contribution < -0.4 is 4.74 Å². The maximum atomic E-state index is 11.5. The van der Waals surface area contributed by atoms with Gasteiger partial charge in [-0.25, -0.2) is 5.11 Å². The first-order valence-corrected chi connectivity index (χ1v) is 6.64. The third-order valence-corrected chi connectivity index (χ3v) is 2.81. The molecule has 1 aromatic carbocycles. The van der Waals surface area contributed by atoms with Crippen molar-refractivity contribution in [3.05, 3.63) is 29.8 Å². The molecule has 0 bridgehead atoms. The molecule has 3 heteroatoms. The summed E-state index contributed by atoms with van der Waals surface area (Å²) < 4.78 is 5.18. The van der Waals surface area contributed by atoms with Gasteiger partial charge in [-0.15, -0.1) is 0 Å². The Hall–Kier alpha value is -1.35. The minimum atomic E-state index is -0.244. The van der Waals surface area contributed by atoms with Gasteiger partial charge in [0.05, 0.1) is 0 Å². The number of hydrogen-bond donors (Lipinski definition) is 0. The van der Waals surface area contributed by atoms with E-state index in [-0.39, 0.29) is 12.6 Å². The minimum Gasteiger partial charge on any atom is -0.427 e. The van der Waals surface area contributed by atoms with Gasteiger partial charge in [0.15, 0.2) is 0 Å². The molecular formula is C15H21O3. The molecule has 0 aliphatic heterocycles. The summed E-state index contributed by atoms with van der Waals surface area (Å²) in [4.78, 5) is 11.5. The van der Waals surface area contributed by atoms with E-state index in [0.717, 1.165) is 12.8 Å². The maximum absolute atomic E-state index is 11.5. The van der Waals surface area contributed by atoms with Crippen LogP contribution in [0.5, 0.6) is 5.75 Å². The van der Waals surface area contributed by atoms with Gasteiger partial charge in [-0.3, -0.25) is 4.79 Å². The number of rotatable bonds is 8. The van der Waals surface area contributed by atoms with E-state index in [1.807, 2.05) is 0 Å². The summed E-state index contributed by atoms with van der Waals surface area (Å²) in [5, 5.41) is 10.6. The Morgan fingerprint density at radius 2 is 1.72 bits per heavy atom. The Balaban J connectivity index is 2.22. The predicted molar refractivity (Wildman–Crippen MR) is 69.8 cm³/mol. The molecule has 18 heavy (non-hydrogen) atoms. The molecule has 0 amide bonds. The Labute approximate surface area is 109 Å². The summed E-state index contributed by atoms with van der Waals surface area (Å²) >= 11 is 0. The van der Waals surface area contributed by atoms with E-state index in [2.05, 4.69) is 6.92 Å². The molecule has 0 aliphatic carbocycles. The van der Waals surface area contributed by atoms with Crippen LogP contribution in [0.4, 0.5) is 0 Å². The van der Waals surface area contributed by atoms with Gasteiger partial charge in [0.25, 0.3) is 0 Å². The topological polar surface area (TPSA) is 46.2 Å². The molecule has 0 aromatic heterocycles. The molecule has 1 aromatic rings. The Bertz CT molecular complexity index is 343. The van der Waals surface area contributed by atoms with Crippen LogP contribution in [0, 0.1) is 0 Å². The third kappa shape index (κ3) is 5.82. The number of benzene rings is 1. The molecule has 0 saturated heterocycles. The van der Waals surface area contributed by atoms with Crippen molar-refractivity contribution in [3.63, 3.8) is 0 Å². The Morgan fingerprint density at radius 3 is 2.33 bits per heavy atom. The van der Waals surface area contributed by atoms with Crippen LogP contribution in [0.25, 0.3) is 0 Å². The van der Waals surface area contributed by atoms with Crippen LogP contribution in [0.3, 0.4) is 0 Å². The lowest BCUT2D eigenvalue weighted by molar-refractivity contribution is -0.134. The van der Waals surface area contributed by atoms with Gasteiger partial charge in [-0.2, -0.15) is 0 Å². The molecule has 0 heterocycles. The summed E-state index contributed by atoms with van der Waals surface area (Å²) in [6, 6.07) is 6.72. The van der Waals surface area contributed by atoms with Gasteiger partial charge >= 0.3 is 5.97 Å². The lowest BCUT2D eigenvalue weighted by Gasteiger charge is -2.04. The van der Waals surface area contributed by atoms with Crippen LogP contribution in [0.1, 0.15) is 51.0 Å². The van der Waals surface area contributed by atoms with Gasteiger partial charge in [0.1, 0.15) is 12.4 Å². The molecule has 1 rings (SSSR count). The summed E-state index contributed by atoms with van der Waals surface area (Å²) in [6.45, 7) is 1.92. The largest absolute Gasteiger partial charge is 0.427 e. The molecule has 0 N–H and O–H groups in total. The summed E-state index contributed by atoms with van der Waals surface area (Å²) in [5.74, 6) is 0.326. The number of carbonyl (C=O) groups excluding carboxylic acids is 1. The number of unbranched alkanes of at least 4 members (excludes halogenated alkanes) is 4. The average molecular weight is 249 g/mol. The van der Waals surface area contributed by atoms with Crippen LogP contribution in [0.15, 0.2) is 24.3 Å². The number of hydrogen-bond acceptors (Lipinski definition) is 2. The van der Waals surface area contributed by atoms with E-state index in [9.17, 15) is 9.90 Å². The van der Waals surface area contributed by atoms with Crippen LogP contribution in [0.2, 0.25) is 0 Å². The average Bonchev–Trinajstić information content (AvgIpc) is 2.39. The number of esters is 1. The van der Waals surface area contributed by atoms with Crippen molar-refractivity contribution < 1.29 is 14.6 Å². The molecule has 0 spiro atoms. The first-order chi connectivity index (χ1) is 8.76. The van der Waals surface area contributed by atoms with Crippen molar-refractivity contribution in [2.75, 3.05) is 0 Å². The van der Waals surface area contributed by atoms with E-state index < -0.39 is 0 Å². The third-order valence-electron chi connectivity index (χ3n) is 2.81. The quantitative estimate of drug-likeness (QED) is 0.398. The number of ether oxygens (including phenoxy) is 1. The van der Waals surface area contributed by atoms with Crippen molar-refractivity contribution in [2.45, 2.75) is 52.1 Å². The van der Waals surface area contributed by atoms with Crippen molar-refractivity contribution in [2.24, 2.45) is 0 Å². The molecule has 0 fully saturated rings. The van der Waals surface area contributed by atoms with Gasteiger partial charge in [-0.05, 0) is 24.1 Å². The molecule has 0 aliphatic rings. The lowest BCUT2D eigenvalue weighted by Crippen LogP contribution is -2.07. The van der Waals surface area contributed by atoms with E-state index in [1.54, 1.807) is 24.3 Å². The highest BCUT2D eigenvalue weighted by atomic mass is 16.5. The molecule has 99 valence electrons. The van der Waals surface area contributed by atoms with Gasteiger partial charge < -0.3 is 4.74 Å². The zero-order valence-electron chi connectivity index (χ0n) is 11.0. The first kappa shape index (κ1) is 14.7. The highest BCUT2D eigenvalue weighted by Crippen LogP contribution is 2.14. The van der Waals surface area contributed by atoms with E-state index >= 15 is 0 Å². The Morgan fingerprint density at radius 1 is 1.06 bits per heavy atom. The van der Waals surface area contributed by atoms with E-state index in [0.29, 0.717) is 17.7 Å². The van der Waals surface area contributed by atoms with E-state index in [1.165, 1.54) is 19.3 Å². The van der Waals surface area contributed by atoms with Gasteiger partial charge in [-0.1, -0.05) is 44.7 Å². The summed E-state index contributed by atoms with van der Waals surface area (Å²) in [5.41, 5.74) is 0.703. The van der Waals surface area contributed by atoms with Crippen LogP contribution in [-0.4, -0.2) is 5.97 Å². The fourth-order valence-electron chi connectivity index (χ4n) is 1.71. The van der Waals surface area contributed by atoms with E-state index in [4.69, 9.17) is 4.74 Å². The molecule has 3 nitrogen and oxygen atoms in total. The minimum absolute atomic E-state index is 0.193. The molecule has 0 saturated carbocycles. The molecule has 0 atom stereocenters. The molecular weight excluding hydrogens is 228 g/mol. The maximum Gasteiger partial charge on any atom is 0.311 e. The number of carbonyl (C=O) groups is 1. The smallest absolute Gasteiger partial charge is 0.311 e. The summed E-state index contributed by atoms with van der Waals surface area (Å²) in [7, 11) is 0. The molecule has 0 unspecified atom stereocenters. The predicted octanol–water partition coefficient (Wildman–Crippen LogP) is 3.88. The normalized spacial score (nSPS) is 10.3. The van der Waals surface area contributed by atoms with Crippen LogP contribution >= 0.6 is 0 Å². The lowest BCUT2D eigenvalue weighted by atomic mass is 10.1. The second kappa shape index (κ2) is 8.70. The van der Waals surface area contributed by atoms with Crippen molar-refractivity contribution in [3.8, 4) is 5.75 Å². The van der Waals surface area contributed by atoms with Crippen molar-refractivity contribution in [1.82, 2.24) is 0 Å². The standard InChI is InChI=1S/C15H21O3/c1-2-3-4-5-6-7-15(17)18-14-10-8-13(12-16)9-11-14/h8-11H,2-7,12H2,1H3. The van der Waals surface area contributed by atoms with Crippen molar-refractivity contribution >= 4 is 5.97 Å². The zero-order chi connectivity index (χ0) is 13.2. The zero-order valence-corrected chi connectivity index (χ0v) is 11.0. The Kier molecular flexibility index (Phi) is 7.11. The van der Waals surface area contributed by atoms with Gasteiger partial charge in [0, 0.05) is 6.42 Å². The summed E-state index contributed by atoms with van der Waals surface area (Å²) in [6.07, 6.45) is 6.05.